The van der Waals surface area contributed by atoms with E-state index in [-0.39, 0.29) is 36.1 Å². The standard InChI is InChI=1S/C22H28F2N4.HI/c1-16-12-20(10-11-28(16)15-17-6-4-3-5-7-17)27-22(25-2)26-14-18-13-19(23)8-9-21(18)24;/h3-9,13,16,20H,10-12,14-15H2,1-2H3,(H2,25,26,27);1H. The molecule has 0 spiro atoms. The van der Waals surface area contributed by atoms with E-state index >= 15 is 0 Å². The predicted octanol–water partition coefficient (Wildman–Crippen LogP) is 4.30. The first-order valence-electron chi connectivity index (χ1n) is 9.74. The van der Waals surface area contributed by atoms with E-state index in [0.29, 0.717) is 18.0 Å². The lowest BCUT2D eigenvalue weighted by Gasteiger charge is -2.38. The summed E-state index contributed by atoms with van der Waals surface area (Å²) in [5.74, 6) is -0.259. The quantitative estimate of drug-likeness (QED) is 0.355. The number of guanidine groups is 1. The van der Waals surface area contributed by atoms with E-state index in [1.807, 2.05) is 6.07 Å². The van der Waals surface area contributed by atoms with Gasteiger partial charge in [-0.3, -0.25) is 9.89 Å². The average molecular weight is 514 g/mol. The molecule has 1 heterocycles. The minimum absolute atomic E-state index is 0. The van der Waals surface area contributed by atoms with Crippen molar-refractivity contribution in [3.8, 4) is 0 Å². The Morgan fingerprint density at radius 3 is 2.62 bits per heavy atom. The van der Waals surface area contributed by atoms with Gasteiger partial charge in [0.25, 0.3) is 0 Å². The Balaban J connectivity index is 0.00000300. The van der Waals surface area contributed by atoms with Crippen molar-refractivity contribution in [1.82, 2.24) is 15.5 Å². The molecule has 2 aromatic rings. The minimum Gasteiger partial charge on any atom is -0.354 e. The van der Waals surface area contributed by atoms with E-state index < -0.39 is 11.6 Å². The maximum atomic E-state index is 13.8. The van der Waals surface area contributed by atoms with Gasteiger partial charge in [-0.25, -0.2) is 8.78 Å². The Morgan fingerprint density at radius 2 is 1.93 bits per heavy atom. The van der Waals surface area contributed by atoms with Gasteiger partial charge in [0.05, 0.1) is 0 Å². The Hall–Kier alpha value is -1.74. The fourth-order valence-electron chi connectivity index (χ4n) is 3.65. The van der Waals surface area contributed by atoms with Crippen LogP contribution in [-0.2, 0) is 13.1 Å². The number of benzene rings is 2. The van der Waals surface area contributed by atoms with E-state index in [4.69, 9.17) is 0 Å². The number of piperidine rings is 1. The second-order valence-corrected chi connectivity index (χ2v) is 7.33. The van der Waals surface area contributed by atoms with Crippen LogP contribution in [0, 0.1) is 11.6 Å². The van der Waals surface area contributed by atoms with Crippen LogP contribution in [0.4, 0.5) is 8.78 Å². The van der Waals surface area contributed by atoms with Crippen LogP contribution < -0.4 is 10.6 Å². The Kier molecular flexibility index (Phi) is 9.29. The number of nitrogens with one attached hydrogen (secondary N) is 2. The van der Waals surface area contributed by atoms with Gasteiger partial charge in [-0.1, -0.05) is 30.3 Å². The lowest BCUT2D eigenvalue weighted by Crippen LogP contribution is -2.51. The summed E-state index contributed by atoms with van der Waals surface area (Å²) in [5.41, 5.74) is 1.62. The summed E-state index contributed by atoms with van der Waals surface area (Å²) < 4.78 is 27.1. The van der Waals surface area contributed by atoms with Gasteiger partial charge >= 0.3 is 0 Å². The molecular weight excluding hydrogens is 485 g/mol. The summed E-state index contributed by atoms with van der Waals surface area (Å²) in [7, 11) is 1.69. The second kappa shape index (κ2) is 11.4. The molecule has 0 radical (unpaired) electrons. The van der Waals surface area contributed by atoms with Crippen molar-refractivity contribution in [3.63, 3.8) is 0 Å². The summed E-state index contributed by atoms with van der Waals surface area (Å²) in [4.78, 5) is 6.72. The Labute approximate surface area is 188 Å². The smallest absolute Gasteiger partial charge is 0.191 e. The molecule has 1 fully saturated rings. The molecule has 4 nitrogen and oxygen atoms in total. The van der Waals surface area contributed by atoms with Crippen molar-refractivity contribution >= 4 is 29.9 Å². The number of hydrogen-bond acceptors (Lipinski definition) is 2. The normalized spacial score (nSPS) is 20.1. The number of rotatable bonds is 5. The molecule has 0 saturated carbocycles. The van der Waals surface area contributed by atoms with E-state index in [9.17, 15) is 8.78 Å². The third kappa shape index (κ3) is 6.92. The molecule has 2 atom stereocenters. The SMILES string of the molecule is CN=C(NCc1cc(F)ccc1F)NC1CCN(Cc2ccccc2)C(C)C1.I. The lowest BCUT2D eigenvalue weighted by molar-refractivity contribution is 0.134. The number of aliphatic imine (C=N–C) groups is 1. The van der Waals surface area contributed by atoms with Crippen molar-refractivity contribution in [2.24, 2.45) is 4.99 Å². The molecule has 0 amide bonds. The lowest BCUT2D eigenvalue weighted by atomic mass is 9.97. The second-order valence-electron chi connectivity index (χ2n) is 7.33. The van der Waals surface area contributed by atoms with Crippen molar-refractivity contribution in [3.05, 3.63) is 71.3 Å². The van der Waals surface area contributed by atoms with Crippen molar-refractivity contribution in [2.75, 3.05) is 13.6 Å². The molecule has 7 heteroatoms. The summed E-state index contributed by atoms with van der Waals surface area (Å²) in [6.45, 7) is 4.39. The molecular formula is C22H29F2IN4. The molecule has 1 aliphatic rings. The molecule has 2 N–H and O–H groups in total. The van der Waals surface area contributed by atoms with Gasteiger partial charge in [-0.2, -0.15) is 0 Å². The maximum Gasteiger partial charge on any atom is 0.191 e. The highest BCUT2D eigenvalue weighted by Crippen LogP contribution is 2.20. The molecule has 2 unspecified atom stereocenters. The first kappa shape index (κ1) is 23.5. The Bertz CT molecular complexity index is 801. The molecule has 0 aromatic heterocycles. The zero-order chi connectivity index (χ0) is 19.9. The fraction of sp³-hybridized carbons (Fsp3) is 0.409. The first-order chi connectivity index (χ1) is 13.5. The van der Waals surface area contributed by atoms with Gasteiger partial charge in [0.2, 0.25) is 0 Å². The van der Waals surface area contributed by atoms with E-state index in [2.05, 4.69) is 51.7 Å². The van der Waals surface area contributed by atoms with Gasteiger partial charge < -0.3 is 10.6 Å². The molecule has 158 valence electrons. The highest BCUT2D eigenvalue weighted by atomic mass is 127. The summed E-state index contributed by atoms with van der Waals surface area (Å²) in [5, 5.41) is 6.51. The third-order valence-corrected chi connectivity index (χ3v) is 5.26. The highest BCUT2D eigenvalue weighted by Gasteiger charge is 2.26. The van der Waals surface area contributed by atoms with Gasteiger partial charge in [-0.15, -0.1) is 24.0 Å². The number of halogens is 3. The van der Waals surface area contributed by atoms with Crippen molar-refractivity contribution < 1.29 is 8.78 Å². The summed E-state index contributed by atoms with van der Waals surface area (Å²) in [6, 6.07) is 14.7. The van der Waals surface area contributed by atoms with Gasteiger partial charge in [0, 0.05) is 44.3 Å². The third-order valence-electron chi connectivity index (χ3n) is 5.26. The zero-order valence-corrected chi connectivity index (χ0v) is 19.2. The molecule has 0 bridgehead atoms. The highest BCUT2D eigenvalue weighted by molar-refractivity contribution is 14.0. The largest absolute Gasteiger partial charge is 0.354 e. The van der Waals surface area contributed by atoms with Crippen LogP contribution in [0.3, 0.4) is 0 Å². The molecule has 29 heavy (non-hydrogen) atoms. The van der Waals surface area contributed by atoms with Crippen molar-refractivity contribution in [1.29, 1.82) is 0 Å². The molecule has 0 aliphatic carbocycles. The van der Waals surface area contributed by atoms with Crippen LogP contribution in [0.5, 0.6) is 0 Å². The maximum absolute atomic E-state index is 13.8. The Morgan fingerprint density at radius 1 is 1.17 bits per heavy atom. The van der Waals surface area contributed by atoms with Crippen LogP contribution >= 0.6 is 24.0 Å². The van der Waals surface area contributed by atoms with Crippen LogP contribution in [0.2, 0.25) is 0 Å². The van der Waals surface area contributed by atoms with E-state index in [1.165, 1.54) is 11.6 Å². The molecule has 2 aromatic carbocycles. The minimum atomic E-state index is -0.444. The monoisotopic (exact) mass is 514 g/mol. The van der Waals surface area contributed by atoms with Crippen LogP contribution in [0.15, 0.2) is 53.5 Å². The van der Waals surface area contributed by atoms with E-state index in [1.54, 1.807) is 7.05 Å². The predicted molar refractivity (Wildman–Crippen MR) is 124 cm³/mol. The molecule has 3 rings (SSSR count). The fourth-order valence-corrected chi connectivity index (χ4v) is 3.65. The van der Waals surface area contributed by atoms with Crippen molar-refractivity contribution in [2.45, 2.75) is 44.9 Å². The topological polar surface area (TPSA) is 39.7 Å². The van der Waals surface area contributed by atoms with Gasteiger partial charge in [0.15, 0.2) is 5.96 Å². The zero-order valence-electron chi connectivity index (χ0n) is 16.9. The van der Waals surface area contributed by atoms with Crippen LogP contribution in [0.1, 0.15) is 30.9 Å². The van der Waals surface area contributed by atoms with Crippen LogP contribution in [-0.4, -0.2) is 36.5 Å². The van der Waals surface area contributed by atoms with Gasteiger partial charge in [-0.05, 0) is 43.5 Å². The summed E-state index contributed by atoms with van der Waals surface area (Å²) in [6.07, 6.45) is 2.01. The first-order valence-corrected chi connectivity index (χ1v) is 9.74. The number of nitrogens with zero attached hydrogens (tertiary/aromatic N) is 2. The number of hydrogen-bond donors (Lipinski definition) is 2. The van der Waals surface area contributed by atoms with Gasteiger partial charge in [0.1, 0.15) is 11.6 Å². The van der Waals surface area contributed by atoms with Crippen LogP contribution in [0.25, 0.3) is 0 Å². The number of likely N-dealkylation sites (tertiary alicyclic amines) is 1. The average Bonchev–Trinajstić information content (AvgIpc) is 2.70. The molecule has 1 aliphatic heterocycles. The van der Waals surface area contributed by atoms with E-state index in [0.717, 1.165) is 38.1 Å². The molecule has 1 saturated heterocycles. The summed E-state index contributed by atoms with van der Waals surface area (Å²) >= 11 is 0.